The number of aromatic nitrogens is 2. The Kier molecular flexibility index (Phi) is 3.60. The molecule has 0 aliphatic heterocycles. The summed E-state index contributed by atoms with van der Waals surface area (Å²) in [5.41, 5.74) is 0.837. The molecular formula is C12H11BrN2O3S. The molecule has 0 amide bonds. The fraction of sp³-hybridized carbons (Fsp3) is 0.167. The number of nitrogens with zero attached hydrogens (tertiary/aromatic N) is 2. The first-order valence-corrected chi connectivity index (χ1v) is 8.01. The van der Waals surface area contributed by atoms with Gasteiger partial charge in [-0.05, 0) is 40.2 Å². The van der Waals surface area contributed by atoms with E-state index in [1.807, 2.05) is 0 Å². The summed E-state index contributed by atoms with van der Waals surface area (Å²) in [6, 6.07) is 5.84. The number of halogens is 1. The number of benzene rings is 1. The summed E-state index contributed by atoms with van der Waals surface area (Å²) in [7, 11) is -1.58. The zero-order valence-corrected chi connectivity index (χ0v) is 12.7. The van der Waals surface area contributed by atoms with Crippen LogP contribution in [-0.2, 0) is 16.9 Å². The molecule has 0 saturated carbocycles. The fourth-order valence-corrected chi connectivity index (χ4v) is 2.82. The number of aryl methyl sites for hydroxylation is 1. The Morgan fingerprint density at radius 1 is 1.26 bits per heavy atom. The Bertz CT molecular complexity index is 713. The van der Waals surface area contributed by atoms with Crippen LogP contribution in [-0.4, -0.2) is 30.2 Å². The first-order chi connectivity index (χ1) is 8.80. The van der Waals surface area contributed by atoms with Gasteiger partial charge in [0.05, 0.1) is 15.6 Å². The summed E-state index contributed by atoms with van der Waals surface area (Å²) >= 11 is 3.26. The minimum atomic E-state index is -3.25. The van der Waals surface area contributed by atoms with Gasteiger partial charge in [-0.3, -0.25) is 9.48 Å². The van der Waals surface area contributed by atoms with Crippen molar-refractivity contribution in [2.45, 2.75) is 4.90 Å². The number of rotatable bonds is 3. The lowest BCUT2D eigenvalue weighted by Gasteiger charge is -2.04. The molecule has 0 fully saturated rings. The van der Waals surface area contributed by atoms with E-state index < -0.39 is 9.84 Å². The number of hydrogen-bond acceptors (Lipinski definition) is 4. The lowest BCUT2D eigenvalue weighted by atomic mass is 10.1. The molecule has 0 atom stereocenters. The van der Waals surface area contributed by atoms with Crippen molar-refractivity contribution in [2.75, 3.05) is 6.26 Å². The molecule has 0 saturated heterocycles. The first-order valence-electron chi connectivity index (χ1n) is 5.33. The number of hydrogen-bond donors (Lipinski definition) is 0. The maximum Gasteiger partial charge on any atom is 0.212 e. The SMILES string of the molecule is Cn1ncc(Br)c1C(=O)c1ccc(S(C)(=O)=O)cc1. The number of sulfone groups is 1. The summed E-state index contributed by atoms with van der Waals surface area (Å²) in [6.07, 6.45) is 2.67. The average Bonchev–Trinajstić information content (AvgIpc) is 2.67. The van der Waals surface area contributed by atoms with Crippen LogP contribution in [0.25, 0.3) is 0 Å². The van der Waals surface area contributed by atoms with E-state index in [0.29, 0.717) is 15.7 Å². The molecule has 0 unspecified atom stereocenters. The van der Waals surface area contributed by atoms with E-state index in [4.69, 9.17) is 0 Å². The average molecular weight is 343 g/mol. The van der Waals surface area contributed by atoms with Crippen molar-refractivity contribution in [1.82, 2.24) is 9.78 Å². The number of carbonyl (C=O) groups is 1. The second-order valence-electron chi connectivity index (χ2n) is 4.09. The quantitative estimate of drug-likeness (QED) is 0.797. The van der Waals surface area contributed by atoms with Crippen LogP contribution in [0.4, 0.5) is 0 Å². The maximum absolute atomic E-state index is 12.3. The Hall–Kier alpha value is -1.47. The maximum atomic E-state index is 12.3. The zero-order chi connectivity index (χ0) is 14.2. The Morgan fingerprint density at radius 2 is 1.84 bits per heavy atom. The molecular weight excluding hydrogens is 332 g/mol. The predicted octanol–water partition coefficient (Wildman–Crippen LogP) is 1.82. The van der Waals surface area contributed by atoms with Crippen molar-refractivity contribution in [1.29, 1.82) is 0 Å². The summed E-state index contributed by atoms with van der Waals surface area (Å²) in [4.78, 5) is 12.5. The van der Waals surface area contributed by atoms with Crippen LogP contribution in [0.2, 0.25) is 0 Å². The highest BCUT2D eigenvalue weighted by molar-refractivity contribution is 9.10. The van der Waals surface area contributed by atoms with Crippen LogP contribution >= 0.6 is 15.9 Å². The molecule has 1 aromatic carbocycles. The van der Waals surface area contributed by atoms with Gasteiger partial charge >= 0.3 is 0 Å². The van der Waals surface area contributed by atoms with Crippen molar-refractivity contribution < 1.29 is 13.2 Å². The molecule has 0 spiro atoms. The Labute approximate surface area is 119 Å². The van der Waals surface area contributed by atoms with Crippen molar-refractivity contribution in [3.8, 4) is 0 Å². The fourth-order valence-electron chi connectivity index (χ4n) is 1.66. The van der Waals surface area contributed by atoms with Gasteiger partial charge in [0.15, 0.2) is 9.84 Å². The Balaban J connectivity index is 2.41. The van der Waals surface area contributed by atoms with Crippen LogP contribution in [0.5, 0.6) is 0 Å². The smallest absolute Gasteiger partial charge is 0.212 e. The molecule has 19 heavy (non-hydrogen) atoms. The van der Waals surface area contributed by atoms with Crippen LogP contribution in [0.1, 0.15) is 16.1 Å². The van der Waals surface area contributed by atoms with Crippen molar-refractivity contribution >= 4 is 31.6 Å². The summed E-state index contributed by atoms with van der Waals surface area (Å²) in [5, 5.41) is 3.97. The largest absolute Gasteiger partial charge is 0.287 e. The van der Waals surface area contributed by atoms with E-state index in [1.54, 1.807) is 7.05 Å². The van der Waals surface area contributed by atoms with Gasteiger partial charge in [-0.15, -0.1) is 0 Å². The van der Waals surface area contributed by atoms with Crippen LogP contribution < -0.4 is 0 Å². The standard InChI is InChI=1S/C12H11BrN2O3S/c1-15-11(10(13)7-14-15)12(16)8-3-5-9(6-4-8)19(2,17)18/h3-7H,1-2H3. The second-order valence-corrected chi connectivity index (χ2v) is 6.96. The van der Waals surface area contributed by atoms with E-state index in [0.717, 1.165) is 6.26 Å². The highest BCUT2D eigenvalue weighted by atomic mass is 79.9. The highest BCUT2D eigenvalue weighted by Gasteiger charge is 2.17. The lowest BCUT2D eigenvalue weighted by molar-refractivity contribution is 0.102. The highest BCUT2D eigenvalue weighted by Crippen LogP contribution is 2.20. The number of ketones is 1. The van der Waals surface area contributed by atoms with Gasteiger partial charge in [0.1, 0.15) is 5.69 Å². The zero-order valence-electron chi connectivity index (χ0n) is 10.3. The van der Waals surface area contributed by atoms with Gasteiger partial charge in [-0.1, -0.05) is 0 Å². The molecule has 2 rings (SSSR count). The van der Waals surface area contributed by atoms with Crippen molar-refractivity contribution in [3.05, 3.63) is 46.2 Å². The van der Waals surface area contributed by atoms with Gasteiger partial charge in [-0.25, -0.2) is 8.42 Å². The third kappa shape index (κ3) is 2.76. The summed E-state index contributed by atoms with van der Waals surface area (Å²) < 4.78 is 24.8. The normalized spacial score (nSPS) is 11.5. The third-order valence-electron chi connectivity index (χ3n) is 2.65. The summed E-state index contributed by atoms with van der Waals surface area (Å²) in [5.74, 6) is -0.216. The van der Waals surface area contributed by atoms with Gasteiger partial charge in [0.2, 0.25) is 5.78 Å². The molecule has 0 bridgehead atoms. The summed E-state index contributed by atoms with van der Waals surface area (Å²) in [6.45, 7) is 0. The molecule has 2 aromatic rings. The molecule has 1 heterocycles. The van der Waals surface area contributed by atoms with E-state index in [2.05, 4.69) is 21.0 Å². The van der Waals surface area contributed by atoms with E-state index in [-0.39, 0.29) is 10.7 Å². The lowest BCUT2D eigenvalue weighted by Crippen LogP contribution is -2.09. The van der Waals surface area contributed by atoms with Crippen LogP contribution in [0.3, 0.4) is 0 Å². The predicted molar refractivity (Wildman–Crippen MR) is 73.9 cm³/mol. The molecule has 0 N–H and O–H groups in total. The molecule has 1 aromatic heterocycles. The molecule has 7 heteroatoms. The first kappa shape index (κ1) is 14.0. The minimum Gasteiger partial charge on any atom is -0.287 e. The van der Waals surface area contributed by atoms with Crippen LogP contribution in [0.15, 0.2) is 39.8 Å². The van der Waals surface area contributed by atoms with Crippen molar-refractivity contribution in [2.24, 2.45) is 7.05 Å². The van der Waals surface area contributed by atoms with Gasteiger partial charge in [-0.2, -0.15) is 5.10 Å². The monoisotopic (exact) mass is 342 g/mol. The van der Waals surface area contributed by atoms with Crippen molar-refractivity contribution in [3.63, 3.8) is 0 Å². The number of carbonyl (C=O) groups excluding carboxylic acids is 1. The van der Waals surface area contributed by atoms with E-state index in [9.17, 15) is 13.2 Å². The molecule has 5 nitrogen and oxygen atoms in total. The van der Waals surface area contributed by atoms with E-state index >= 15 is 0 Å². The molecule has 0 radical (unpaired) electrons. The molecule has 0 aliphatic carbocycles. The minimum absolute atomic E-state index is 0.188. The second kappa shape index (κ2) is 4.90. The van der Waals surface area contributed by atoms with Gasteiger partial charge in [0, 0.05) is 18.9 Å². The third-order valence-corrected chi connectivity index (χ3v) is 4.36. The van der Waals surface area contributed by atoms with E-state index in [1.165, 1.54) is 35.1 Å². The van der Waals surface area contributed by atoms with Gasteiger partial charge in [0.25, 0.3) is 0 Å². The molecule has 0 aliphatic rings. The molecule has 100 valence electrons. The van der Waals surface area contributed by atoms with Crippen LogP contribution in [0, 0.1) is 0 Å². The Morgan fingerprint density at radius 3 is 2.26 bits per heavy atom. The topological polar surface area (TPSA) is 69.0 Å². The van der Waals surface area contributed by atoms with Gasteiger partial charge < -0.3 is 0 Å².